The van der Waals surface area contributed by atoms with E-state index in [1.165, 1.54) is 11.1 Å². The van der Waals surface area contributed by atoms with E-state index in [0.29, 0.717) is 0 Å². The Morgan fingerprint density at radius 1 is 1.19 bits per heavy atom. The van der Waals surface area contributed by atoms with Crippen molar-refractivity contribution in [1.29, 1.82) is 0 Å². The summed E-state index contributed by atoms with van der Waals surface area (Å²) in [4.78, 5) is 17.9. The molecule has 1 aromatic carbocycles. The zero-order chi connectivity index (χ0) is 18.8. The summed E-state index contributed by atoms with van der Waals surface area (Å²) in [6.07, 6.45) is 4.05. The Morgan fingerprint density at radius 3 is 2.44 bits per heavy atom. The van der Waals surface area contributed by atoms with Gasteiger partial charge in [0, 0.05) is 26.1 Å². The summed E-state index contributed by atoms with van der Waals surface area (Å²) in [6.45, 7) is 6.84. The lowest BCUT2D eigenvalue weighted by Gasteiger charge is -2.30. The molecule has 6 nitrogen and oxygen atoms in total. The van der Waals surface area contributed by atoms with Gasteiger partial charge in [0.2, 0.25) is 5.91 Å². The summed E-state index contributed by atoms with van der Waals surface area (Å²) < 4.78 is 0. The maximum Gasteiger partial charge on any atom is 0.220 e. The van der Waals surface area contributed by atoms with E-state index in [1.54, 1.807) is 7.05 Å². The number of hydrogen-bond donors (Lipinski definition) is 3. The molecule has 0 saturated carbocycles. The predicted octanol–water partition coefficient (Wildman–Crippen LogP) is 2.26. The van der Waals surface area contributed by atoms with Crippen molar-refractivity contribution in [1.82, 2.24) is 15.5 Å². The van der Waals surface area contributed by atoms with Gasteiger partial charge in [-0.2, -0.15) is 0 Å². The Bertz CT molecular complexity index is 583. The Labute approximate surface area is 180 Å². The summed E-state index contributed by atoms with van der Waals surface area (Å²) in [7, 11) is 1.80. The van der Waals surface area contributed by atoms with Crippen molar-refractivity contribution in [3.05, 3.63) is 35.4 Å². The quantitative estimate of drug-likeness (QED) is 0.228. The summed E-state index contributed by atoms with van der Waals surface area (Å²) >= 11 is 0. The maximum atomic E-state index is 11.2. The van der Waals surface area contributed by atoms with Crippen LogP contribution in [-0.2, 0) is 11.3 Å². The van der Waals surface area contributed by atoms with Gasteiger partial charge in [-0.05, 0) is 57.8 Å². The van der Waals surface area contributed by atoms with E-state index in [4.69, 9.17) is 5.73 Å². The van der Waals surface area contributed by atoms with E-state index in [1.807, 2.05) is 0 Å². The number of amides is 1. The number of carbonyl (C=O) groups excluding carboxylic acids is 1. The largest absolute Gasteiger partial charge is 0.369 e. The van der Waals surface area contributed by atoms with Crippen molar-refractivity contribution in [2.24, 2.45) is 16.6 Å². The molecule has 1 aromatic rings. The summed E-state index contributed by atoms with van der Waals surface area (Å²) in [5.41, 5.74) is 7.90. The maximum absolute atomic E-state index is 11.2. The number of likely N-dealkylation sites (tertiary alicyclic amines) is 1. The van der Waals surface area contributed by atoms with Gasteiger partial charge < -0.3 is 21.3 Å². The second-order valence-electron chi connectivity index (χ2n) is 7.06. The number of nitrogens with one attached hydrogen (secondary N) is 2. The van der Waals surface area contributed by atoms with E-state index in [2.05, 4.69) is 51.7 Å². The first-order valence-corrected chi connectivity index (χ1v) is 9.60. The van der Waals surface area contributed by atoms with Crippen LogP contribution in [0.15, 0.2) is 29.3 Å². The van der Waals surface area contributed by atoms with Gasteiger partial charge in [0.25, 0.3) is 0 Å². The molecule has 0 aliphatic carbocycles. The molecule has 1 saturated heterocycles. The minimum atomic E-state index is -0.140. The first-order valence-electron chi connectivity index (χ1n) is 9.60. The van der Waals surface area contributed by atoms with E-state index in [0.717, 1.165) is 64.4 Å². The van der Waals surface area contributed by atoms with Crippen molar-refractivity contribution in [3.8, 4) is 0 Å². The topological polar surface area (TPSA) is 82.8 Å². The molecule has 0 radical (unpaired) electrons. The minimum Gasteiger partial charge on any atom is -0.369 e. The van der Waals surface area contributed by atoms with Crippen LogP contribution < -0.4 is 16.4 Å². The highest BCUT2D eigenvalue weighted by atomic mass is 127. The van der Waals surface area contributed by atoms with Gasteiger partial charge in [0.05, 0.1) is 0 Å². The normalized spacial score (nSPS) is 15.9. The van der Waals surface area contributed by atoms with Crippen LogP contribution in [0.5, 0.6) is 0 Å². The number of nitrogens with two attached hydrogens (primary N) is 1. The zero-order valence-corrected chi connectivity index (χ0v) is 18.9. The van der Waals surface area contributed by atoms with Gasteiger partial charge in [-0.25, -0.2) is 0 Å². The highest BCUT2D eigenvalue weighted by Gasteiger charge is 2.22. The minimum absolute atomic E-state index is 0. The molecular weight excluding hydrogens is 453 g/mol. The van der Waals surface area contributed by atoms with Gasteiger partial charge in [-0.3, -0.25) is 9.79 Å². The van der Waals surface area contributed by atoms with Crippen molar-refractivity contribution in [2.75, 3.05) is 33.2 Å². The molecule has 1 heterocycles. The Kier molecular flexibility index (Phi) is 11.3. The van der Waals surface area contributed by atoms with Gasteiger partial charge in [0.15, 0.2) is 5.96 Å². The number of guanidine groups is 1. The van der Waals surface area contributed by atoms with Gasteiger partial charge in [-0.1, -0.05) is 29.8 Å². The van der Waals surface area contributed by atoms with Crippen molar-refractivity contribution >= 4 is 35.8 Å². The molecule has 1 amide bonds. The molecule has 27 heavy (non-hydrogen) atoms. The highest BCUT2D eigenvalue weighted by molar-refractivity contribution is 14.0. The fourth-order valence-corrected chi connectivity index (χ4v) is 3.22. The summed E-state index contributed by atoms with van der Waals surface area (Å²) in [6, 6.07) is 8.52. The monoisotopic (exact) mass is 487 g/mol. The standard InChI is InChI=1S/C20H33N5O.HI/c1-16-5-7-17(8-6-16)15-24-20(22-2)23-11-3-4-12-25-13-9-18(10-14-25)19(21)26;/h5-8,18H,3-4,9-15H2,1-2H3,(H2,21,26)(H2,22,23,24);1H. The SMILES string of the molecule is CN=C(NCCCCN1CCC(C(N)=O)CC1)NCc1ccc(C)cc1.I. The number of piperidine rings is 1. The molecule has 4 N–H and O–H groups in total. The molecule has 2 rings (SSSR count). The Morgan fingerprint density at radius 2 is 1.85 bits per heavy atom. The second kappa shape index (κ2) is 12.9. The van der Waals surface area contributed by atoms with Crippen molar-refractivity contribution in [3.63, 3.8) is 0 Å². The molecule has 0 atom stereocenters. The van der Waals surface area contributed by atoms with E-state index in [-0.39, 0.29) is 35.8 Å². The molecular formula is C20H34IN5O. The lowest BCUT2D eigenvalue weighted by Crippen LogP contribution is -2.39. The van der Waals surface area contributed by atoms with Gasteiger partial charge >= 0.3 is 0 Å². The Hall–Kier alpha value is -1.35. The van der Waals surface area contributed by atoms with Gasteiger partial charge in [-0.15, -0.1) is 24.0 Å². The average molecular weight is 487 g/mol. The number of primary amides is 1. The van der Waals surface area contributed by atoms with Crippen LogP contribution in [0.4, 0.5) is 0 Å². The Balaban J connectivity index is 0.00000364. The molecule has 1 aliphatic heterocycles. The molecule has 0 unspecified atom stereocenters. The lowest BCUT2D eigenvalue weighted by atomic mass is 9.96. The smallest absolute Gasteiger partial charge is 0.220 e. The molecule has 7 heteroatoms. The fraction of sp³-hybridized carbons (Fsp3) is 0.600. The zero-order valence-electron chi connectivity index (χ0n) is 16.5. The molecule has 1 aliphatic rings. The first-order chi connectivity index (χ1) is 12.6. The molecule has 0 aromatic heterocycles. The number of rotatable bonds is 8. The number of carbonyl (C=O) groups is 1. The third-order valence-electron chi connectivity index (χ3n) is 4.99. The van der Waals surface area contributed by atoms with Crippen molar-refractivity contribution < 1.29 is 4.79 Å². The fourth-order valence-electron chi connectivity index (χ4n) is 3.22. The van der Waals surface area contributed by atoms with E-state index in [9.17, 15) is 4.79 Å². The number of halogens is 1. The first kappa shape index (κ1) is 23.7. The number of unbranched alkanes of at least 4 members (excludes halogenated alkanes) is 1. The van der Waals surface area contributed by atoms with Crippen LogP contribution >= 0.6 is 24.0 Å². The number of hydrogen-bond acceptors (Lipinski definition) is 3. The van der Waals surface area contributed by atoms with E-state index < -0.39 is 0 Å². The van der Waals surface area contributed by atoms with Crippen LogP contribution in [0.2, 0.25) is 0 Å². The second-order valence-corrected chi connectivity index (χ2v) is 7.06. The van der Waals surface area contributed by atoms with E-state index >= 15 is 0 Å². The third kappa shape index (κ3) is 8.92. The van der Waals surface area contributed by atoms with Crippen molar-refractivity contribution in [2.45, 2.75) is 39.2 Å². The average Bonchev–Trinajstić information content (AvgIpc) is 2.65. The van der Waals surface area contributed by atoms with Crippen LogP contribution in [0.25, 0.3) is 0 Å². The number of nitrogens with zero attached hydrogens (tertiary/aromatic N) is 2. The molecule has 0 bridgehead atoms. The molecule has 152 valence electrons. The van der Waals surface area contributed by atoms with Crippen LogP contribution in [0.3, 0.4) is 0 Å². The molecule has 1 fully saturated rings. The van der Waals surface area contributed by atoms with Gasteiger partial charge in [0.1, 0.15) is 0 Å². The number of aryl methyl sites for hydroxylation is 1. The van der Waals surface area contributed by atoms with Crippen LogP contribution in [0, 0.1) is 12.8 Å². The number of aliphatic imine (C=N–C) groups is 1. The van der Waals surface area contributed by atoms with Crippen LogP contribution in [-0.4, -0.2) is 50.0 Å². The summed E-state index contributed by atoms with van der Waals surface area (Å²) in [5.74, 6) is 0.780. The highest BCUT2D eigenvalue weighted by Crippen LogP contribution is 2.16. The lowest BCUT2D eigenvalue weighted by molar-refractivity contribution is -0.123. The summed E-state index contributed by atoms with van der Waals surface area (Å²) in [5, 5.41) is 6.72. The predicted molar refractivity (Wildman–Crippen MR) is 122 cm³/mol. The van der Waals surface area contributed by atoms with Crippen LogP contribution in [0.1, 0.15) is 36.8 Å². The number of benzene rings is 1. The molecule has 0 spiro atoms. The third-order valence-corrected chi connectivity index (χ3v) is 4.99.